The van der Waals surface area contributed by atoms with Gasteiger partial charge >= 0.3 is 5.97 Å². The molecule has 1 N–H and O–H groups in total. The zero-order chi connectivity index (χ0) is 20.0. The molecule has 1 aliphatic rings. The number of rotatable bonds is 7. The van der Waals surface area contributed by atoms with E-state index >= 15 is 0 Å². The quantitative estimate of drug-likeness (QED) is 0.687. The summed E-state index contributed by atoms with van der Waals surface area (Å²) in [5.74, 6) is 0.00936. The molecule has 0 aromatic heterocycles. The number of piperidine rings is 1. The van der Waals surface area contributed by atoms with Gasteiger partial charge in [-0.05, 0) is 42.5 Å². The summed E-state index contributed by atoms with van der Waals surface area (Å²) in [6, 6.07) is 5.70. The number of amides is 1. The van der Waals surface area contributed by atoms with Crippen molar-refractivity contribution in [3.05, 3.63) is 29.3 Å². The summed E-state index contributed by atoms with van der Waals surface area (Å²) in [7, 11) is -3.72. The van der Waals surface area contributed by atoms with E-state index in [4.69, 9.17) is 16.3 Å². The summed E-state index contributed by atoms with van der Waals surface area (Å²) in [4.78, 5) is 25.7. The maximum absolute atomic E-state index is 12.2. The number of hydrogen-bond acceptors (Lipinski definition) is 5. The van der Waals surface area contributed by atoms with Crippen molar-refractivity contribution in [2.75, 3.05) is 26.2 Å². The van der Waals surface area contributed by atoms with Crippen LogP contribution in [-0.4, -0.2) is 51.4 Å². The van der Waals surface area contributed by atoms with Crippen molar-refractivity contribution in [1.82, 2.24) is 9.62 Å². The Morgan fingerprint density at radius 2 is 1.78 bits per heavy atom. The van der Waals surface area contributed by atoms with Crippen LogP contribution in [0.25, 0.3) is 0 Å². The SMILES string of the molecule is C[C@@H]1C[C@@H](C)CN(C(=O)COC(=O)CCNS(=O)(=O)c2ccc(Cl)cc2)C1. The Labute approximate surface area is 165 Å². The molecule has 150 valence electrons. The molecule has 1 aromatic carbocycles. The molecular weight excluding hydrogens is 392 g/mol. The smallest absolute Gasteiger partial charge is 0.307 e. The molecule has 0 unspecified atom stereocenters. The van der Waals surface area contributed by atoms with Crippen LogP contribution in [0.4, 0.5) is 0 Å². The fraction of sp³-hybridized carbons (Fsp3) is 0.556. The molecule has 1 heterocycles. The average Bonchev–Trinajstić information content (AvgIpc) is 2.59. The zero-order valence-corrected chi connectivity index (χ0v) is 17.1. The van der Waals surface area contributed by atoms with Crippen LogP contribution >= 0.6 is 11.6 Å². The monoisotopic (exact) mass is 416 g/mol. The molecule has 2 rings (SSSR count). The number of hydrogen-bond donors (Lipinski definition) is 1. The summed E-state index contributed by atoms with van der Waals surface area (Å²) in [5.41, 5.74) is 0. The van der Waals surface area contributed by atoms with E-state index in [1.54, 1.807) is 4.90 Å². The minimum absolute atomic E-state index is 0.0591. The number of nitrogens with zero attached hydrogens (tertiary/aromatic N) is 1. The van der Waals surface area contributed by atoms with Gasteiger partial charge in [0, 0.05) is 24.7 Å². The summed E-state index contributed by atoms with van der Waals surface area (Å²) in [6.07, 6.45) is 0.921. The fourth-order valence-electron chi connectivity index (χ4n) is 3.16. The second-order valence-corrected chi connectivity index (χ2v) is 9.21. The first-order valence-electron chi connectivity index (χ1n) is 8.86. The Morgan fingerprint density at radius 3 is 2.37 bits per heavy atom. The summed E-state index contributed by atoms with van der Waals surface area (Å²) < 4.78 is 31.5. The minimum atomic E-state index is -3.72. The average molecular weight is 417 g/mol. The van der Waals surface area contributed by atoms with Crippen molar-refractivity contribution in [2.24, 2.45) is 11.8 Å². The van der Waals surface area contributed by atoms with E-state index in [-0.39, 0.29) is 30.4 Å². The lowest BCUT2D eigenvalue weighted by Gasteiger charge is -2.34. The van der Waals surface area contributed by atoms with Crippen molar-refractivity contribution in [3.63, 3.8) is 0 Å². The molecule has 1 aliphatic heterocycles. The number of carbonyl (C=O) groups is 2. The molecule has 2 atom stereocenters. The van der Waals surface area contributed by atoms with E-state index in [0.29, 0.717) is 29.9 Å². The molecule has 7 nitrogen and oxygen atoms in total. The third-order valence-corrected chi connectivity index (χ3v) is 6.05. The largest absolute Gasteiger partial charge is 0.456 e. The van der Waals surface area contributed by atoms with Gasteiger partial charge in [0.1, 0.15) is 0 Å². The third kappa shape index (κ3) is 6.79. The predicted molar refractivity (Wildman–Crippen MR) is 102 cm³/mol. The second-order valence-electron chi connectivity index (χ2n) is 7.01. The Morgan fingerprint density at radius 1 is 1.19 bits per heavy atom. The number of carbonyl (C=O) groups excluding carboxylic acids is 2. The first kappa shape index (κ1) is 21.7. The van der Waals surface area contributed by atoms with Crippen molar-refractivity contribution in [1.29, 1.82) is 0 Å². The Hall–Kier alpha value is -1.64. The van der Waals surface area contributed by atoms with Crippen molar-refractivity contribution < 1.29 is 22.7 Å². The highest BCUT2D eigenvalue weighted by molar-refractivity contribution is 7.89. The summed E-state index contributed by atoms with van der Waals surface area (Å²) >= 11 is 5.73. The highest BCUT2D eigenvalue weighted by Crippen LogP contribution is 2.21. The van der Waals surface area contributed by atoms with Gasteiger partial charge < -0.3 is 9.64 Å². The van der Waals surface area contributed by atoms with Gasteiger partial charge in [0.05, 0.1) is 11.3 Å². The molecule has 0 bridgehead atoms. The summed E-state index contributed by atoms with van der Waals surface area (Å²) in [5, 5.41) is 0.430. The lowest BCUT2D eigenvalue weighted by atomic mass is 9.92. The first-order chi connectivity index (χ1) is 12.7. The van der Waals surface area contributed by atoms with Crippen LogP contribution in [0.2, 0.25) is 5.02 Å². The van der Waals surface area contributed by atoms with Crippen LogP contribution < -0.4 is 4.72 Å². The number of nitrogens with one attached hydrogen (secondary N) is 1. The Bertz CT molecular complexity index is 756. The topological polar surface area (TPSA) is 92.8 Å². The fourth-order valence-corrected chi connectivity index (χ4v) is 4.31. The molecule has 1 fully saturated rings. The highest BCUT2D eigenvalue weighted by atomic mass is 35.5. The zero-order valence-electron chi connectivity index (χ0n) is 15.5. The van der Waals surface area contributed by atoms with Gasteiger partial charge in [-0.3, -0.25) is 9.59 Å². The van der Waals surface area contributed by atoms with E-state index in [1.807, 2.05) is 0 Å². The summed E-state index contributed by atoms with van der Waals surface area (Å²) in [6.45, 7) is 5.09. The number of likely N-dealkylation sites (tertiary alicyclic amines) is 1. The predicted octanol–water partition coefficient (Wildman–Crippen LogP) is 2.06. The molecule has 9 heteroatoms. The molecule has 0 aliphatic carbocycles. The molecule has 1 amide bonds. The molecule has 0 saturated carbocycles. The van der Waals surface area contributed by atoms with E-state index < -0.39 is 16.0 Å². The molecule has 27 heavy (non-hydrogen) atoms. The number of benzene rings is 1. The van der Waals surface area contributed by atoms with E-state index in [1.165, 1.54) is 24.3 Å². The Balaban J connectivity index is 1.73. The molecule has 0 radical (unpaired) electrons. The van der Waals surface area contributed by atoms with Crippen LogP contribution in [0.5, 0.6) is 0 Å². The highest BCUT2D eigenvalue weighted by Gasteiger charge is 2.26. The van der Waals surface area contributed by atoms with Crippen molar-refractivity contribution >= 4 is 33.5 Å². The number of ether oxygens (including phenoxy) is 1. The lowest BCUT2D eigenvalue weighted by molar-refractivity contribution is -0.153. The second kappa shape index (κ2) is 9.52. The Kier molecular flexibility index (Phi) is 7.64. The van der Waals surface area contributed by atoms with Gasteiger partial charge in [0.2, 0.25) is 10.0 Å². The van der Waals surface area contributed by atoms with Gasteiger partial charge in [0.25, 0.3) is 5.91 Å². The normalized spacial score (nSPS) is 20.3. The van der Waals surface area contributed by atoms with Gasteiger partial charge in [-0.1, -0.05) is 25.4 Å². The first-order valence-corrected chi connectivity index (χ1v) is 10.7. The van der Waals surface area contributed by atoms with E-state index in [2.05, 4.69) is 18.6 Å². The van der Waals surface area contributed by atoms with Crippen LogP contribution in [0.15, 0.2) is 29.2 Å². The van der Waals surface area contributed by atoms with E-state index in [9.17, 15) is 18.0 Å². The standard InChI is InChI=1S/C18H25ClN2O5S/c1-13-9-14(2)11-21(10-13)17(22)12-26-18(23)7-8-20-27(24,25)16-5-3-15(19)4-6-16/h3-6,13-14,20H,7-12H2,1-2H3/t13-,14-/m1/s1. The lowest BCUT2D eigenvalue weighted by Crippen LogP contribution is -2.44. The van der Waals surface area contributed by atoms with E-state index in [0.717, 1.165) is 6.42 Å². The van der Waals surface area contributed by atoms with Gasteiger partial charge in [-0.25, -0.2) is 13.1 Å². The maximum atomic E-state index is 12.2. The number of sulfonamides is 1. The molecule has 0 spiro atoms. The molecule has 1 aromatic rings. The third-order valence-electron chi connectivity index (χ3n) is 4.32. The van der Waals surface area contributed by atoms with Gasteiger partial charge in [-0.2, -0.15) is 0 Å². The van der Waals surface area contributed by atoms with Crippen molar-refractivity contribution in [2.45, 2.75) is 31.6 Å². The van der Waals surface area contributed by atoms with Gasteiger partial charge in [-0.15, -0.1) is 0 Å². The molecule has 1 saturated heterocycles. The van der Waals surface area contributed by atoms with Crippen LogP contribution in [0.1, 0.15) is 26.7 Å². The minimum Gasteiger partial charge on any atom is -0.456 e. The number of halogens is 1. The van der Waals surface area contributed by atoms with Gasteiger partial charge in [0.15, 0.2) is 6.61 Å². The maximum Gasteiger partial charge on any atom is 0.307 e. The number of esters is 1. The van der Waals surface area contributed by atoms with Crippen LogP contribution in [-0.2, 0) is 24.3 Å². The van der Waals surface area contributed by atoms with Crippen LogP contribution in [0, 0.1) is 11.8 Å². The van der Waals surface area contributed by atoms with Crippen molar-refractivity contribution in [3.8, 4) is 0 Å². The van der Waals surface area contributed by atoms with Crippen LogP contribution in [0.3, 0.4) is 0 Å². The molecular formula is C18H25ClN2O5S.